The van der Waals surface area contributed by atoms with Crippen LogP contribution in [0.15, 0.2) is 12.4 Å². The van der Waals surface area contributed by atoms with Gasteiger partial charge >= 0.3 is 0 Å². The average molecular weight is 202 g/mol. The van der Waals surface area contributed by atoms with Gasteiger partial charge in [-0.25, -0.2) is 0 Å². The summed E-state index contributed by atoms with van der Waals surface area (Å²) in [5, 5.41) is 6.30. The number of hydrogen-bond donors (Lipinski definition) is 1. The molecule has 1 rings (SSSR count). The fourth-order valence-corrected chi connectivity index (χ4v) is 1.08. The van der Waals surface area contributed by atoms with Crippen LogP contribution >= 0.6 is 11.6 Å². The molecule has 1 unspecified atom stereocenters. The molecule has 1 N–H and O–H groups in total. The molecule has 0 saturated carbocycles. The van der Waals surface area contributed by atoms with Crippen molar-refractivity contribution in [2.45, 2.75) is 13.0 Å². The fourth-order valence-electron chi connectivity index (χ4n) is 0.875. The lowest BCUT2D eigenvalue weighted by Crippen LogP contribution is -2.35. The van der Waals surface area contributed by atoms with Gasteiger partial charge in [0.05, 0.1) is 11.8 Å². The first-order valence-corrected chi connectivity index (χ1v) is 4.52. The number of hydrogen-bond acceptors (Lipinski definition) is 2. The van der Waals surface area contributed by atoms with Crippen LogP contribution in [0.5, 0.6) is 0 Å². The van der Waals surface area contributed by atoms with Crippen molar-refractivity contribution in [1.29, 1.82) is 0 Å². The van der Waals surface area contributed by atoms with Crippen molar-refractivity contribution < 1.29 is 4.79 Å². The van der Waals surface area contributed by atoms with Gasteiger partial charge in [-0.1, -0.05) is 0 Å². The number of aromatic amines is 1. The van der Waals surface area contributed by atoms with Crippen LogP contribution in [-0.4, -0.2) is 40.0 Å². The molecule has 72 valence electrons. The maximum absolute atomic E-state index is 11.6. The van der Waals surface area contributed by atoms with Crippen molar-refractivity contribution in [3.05, 3.63) is 18.0 Å². The Kier molecular flexibility index (Phi) is 3.31. The minimum absolute atomic E-state index is 0.0315. The first-order chi connectivity index (χ1) is 6.16. The van der Waals surface area contributed by atoms with Crippen LogP contribution in [0.4, 0.5) is 0 Å². The normalized spacial score (nSPS) is 12.5. The van der Waals surface area contributed by atoms with Crippen molar-refractivity contribution in [1.82, 2.24) is 15.1 Å². The summed E-state index contributed by atoms with van der Waals surface area (Å²) in [6, 6.07) is 0.0315. The molecule has 13 heavy (non-hydrogen) atoms. The molecule has 0 fully saturated rings. The molecule has 1 aromatic heterocycles. The number of carbonyl (C=O) groups is 1. The van der Waals surface area contributed by atoms with Crippen molar-refractivity contribution in [3.63, 3.8) is 0 Å². The summed E-state index contributed by atoms with van der Waals surface area (Å²) in [5.41, 5.74) is 0.555. The Balaban J connectivity index is 2.68. The lowest BCUT2D eigenvalue weighted by molar-refractivity contribution is 0.0757. The lowest BCUT2D eigenvalue weighted by atomic mass is 10.2. The summed E-state index contributed by atoms with van der Waals surface area (Å²) in [5.74, 6) is 0.363. The number of alkyl halides is 1. The number of halogens is 1. The van der Waals surface area contributed by atoms with Crippen LogP contribution in [0.1, 0.15) is 17.3 Å². The Labute approximate surface area is 81.9 Å². The molecule has 0 saturated heterocycles. The second-order valence-electron chi connectivity index (χ2n) is 2.91. The van der Waals surface area contributed by atoms with Crippen LogP contribution in [0, 0.1) is 0 Å². The number of rotatable bonds is 3. The molecule has 5 heteroatoms. The third kappa shape index (κ3) is 2.21. The molecule has 4 nitrogen and oxygen atoms in total. The Morgan fingerprint density at radius 3 is 3.00 bits per heavy atom. The van der Waals surface area contributed by atoms with E-state index in [1.165, 1.54) is 6.20 Å². The molecule has 0 aliphatic heterocycles. The molecule has 1 heterocycles. The monoisotopic (exact) mass is 201 g/mol. The molecule has 1 aromatic rings. The van der Waals surface area contributed by atoms with Crippen molar-refractivity contribution in [2.24, 2.45) is 0 Å². The molecule has 0 aliphatic carbocycles. The Bertz CT molecular complexity index is 273. The van der Waals surface area contributed by atoms with Crippen molar-refractivity contribution >= 4 is 17.5 Å². The van der Waals surface area contributed by atoms with Gasteiger partial charge in [0, 0.05) is 25.2 Å². The topological polar surface area (TPSA) is 49.0 Å². The van der Waals surface area contributed by atoms with E-state index in [1.807, 2.05) is 6.92 Å². The first kappa shape index (κ1) is 10.1. The number of aromatic nitrogens is 2. The zero-order valence-corrected chi connectivity index (χ0v) is 8.38. The van der Waals surface area contributed by atoms with E-state index in [-0.39, 0.29) is 11.9 Å². The van der Waals surface area contributed by atoms with Gasteiger partial charge < -0.3 is 4.90 Å². The standard InChI is InChI=1S/C8H12ClN3O/c1-6(3-9)12(2)8(13)7-4-10-11-5-7/h4-6H,3H2,1-2H3,(H,10,11). The molecule has 0 aliphatic rings. The van der Waals surface area contributed by atoms with Crippen LogP contribution in [-0.2, 0) is 0 Å². The van der Waals surface area contributed by atoms with Gasteiger partial charge in [-0.2, -0.15) is 5.10 Å². The molecular formula is C8H12ClN3O. The zero-order valence-electron chi connectivity index (χ0n) is 7.62. The number of H-pyrrole nitrogens is 1. The third-order valence-electron chi connectivity index (χ3n) is 1.95. The summed E-state index contributed by atoms with van der Waals surface area (Å²) in [6.45, 7) is 1.89. The van der Waals surface area contributed by atoms with E-state index in [0.29, 0.717) is 11.4 Å². The van der Waals surface area contributed by atoms with E-state index in [2.05, 4.69) is 10.2 Å². The van der Waals surface area contributed by atoms with Crippen molar-refractivity contribution in [2.75, 3.05) is 12.9 Å². The Hall–Kier alpha value is -1.03. The molecule has 0 spiro atoms. The van der Waals surface area contributed by atoms with E-state index in [9.17, 15) is 4.79 Å². The molecule has 0 aromatic carbocycles. The highest BCUT2D eigenvalue weighted by Crippen LogP contribution is 2.05. The molecule has 1 amide bonds. The predicted molar refractivity (Wildman–Crippen MR) is 50.9 cm³/mol. The SMILES string of the molecule is CC(CCl)N(C)C(=O)c1cn[nH]c1. The van der Waals surface area contributed by atoms with E-state index in [4.69, 9.17) is 11.6 Å². The number of nitrogens with zero attached hydrogens (tertiary/aromatic N) is 2. The first-order valence-electron chi connectivity index (χ1n) is 3.98. The highest BCUT2D eigenvalue weighted by atomic mass is 35.5. The maximum Gasteiger partial charge on any atom is 0.257 e. The van der Waals surface area contributed by atoms with Gasteiger partial charge in [0.15, 0.2) is 0 Å². The van der Waals surface area contributed by atoms with Crippen molar-refractivity contribution in [3.8, 4) is 0 Å². The summed E-state index contributed by atoms with van der Waals surface area (Å²) < 4.78 is 0. The number of nitrogens with one attached hydrogen (secondary N) is 1. The largest absolute Gasteiger partial charge is 0.338 e. The number of carbonyl (C=O) groups excluding carboxylic acids is 1. The molecule has 0 bridgehead atoms. The maximum atomic E-state index is 11.6. The lowest BCUT2D eigenvalue weighted by Gasteiger charge is -2.22. The average Bonchev–Trinajstić information content (AvgIpc) is 2.67. The Morgan fingerprint density at radius 1 is 1.85 bits per heavy atom. The second kappa shape index (κ2) is 4.28. The van der Waals surface area contributed by atoms with Crippen LogP contribution < -0.4 is 0 Å². The van der Waals surface area contributed by atoms with E-state index >= 15 is 0 Å². The summed E-state index contributed by atoms with van der Waals surface area (Å²) >= 11 is 5.63. The van der Waals surface area contributed by atoms with Crippen LogP contribution in [0.2, 0.25) is 0 Å². The summed E-state index contributed by atoms with van der Waals surface area (Å²) in [7, 11) is 1.72. The predicted octanol–water partition coefficient (Wildman–Crippen LogP) is 1.11. The van der Waals surface area contributed by atoms with Gasteiger partial charge in [0.25, 0.3) is 5.91 Å². The van der Waals surface area contributed by atoms with Gasteiger partial charge in [0.2, 0.25) is 0 Å². The zero-order chi connectivity index (χ0) is 9.84. The van der Waals surface area contributed by atoms with Gasteiger partial charge in [-0.3, -0.25) is 9.89 Å². The minimum Gasteiger partial charge on any atom is -0.338 e. The fraction of sp³-hybridized carbons (Fsp3) is 0.500. The highest BCUT2D eigenvalue weighted by Gasteiger charge is 2.16. The quantitative estimate of drug-likeness (QED) is 0.745. The number of amides is 1. The highest BCUT2D eigenvalue weighted by molar-refractivity contribution is 6.18. The van der Waals surface area contributed by atoms with E-state index in [0.717, 1.165) is 0 Å². The van der Waals surface area contributed by atoms with Gasteiger partial charge in [-0.15, -0.1) is 11.6 Å². The second-order valence-corrected chi connectivity index (χ2v) is 3.21. The van der Waals surface area contributed by atoms with E-state index < -0.39 is 0 Å². The van der Waals surface area contributed by atoms with Crippen LogP contribution in [0.3, 0.4) is 0 Å². The molecular weight excluding hydrogens is 190 g/mol. The third-order valence-corrected chi connectivity index (χ3v) is 2.40. The van der Waals surface area contributed by atoms with Crippen LogP contribution in [0.25, 0.3) is 0 Å². The summed E-state index contributed by atoms with van der Waals surface area (Å²) in [6.07, 6.45) is 3.07. The Morgan fingerprint density at radius 2 is 2.54 bits per heavy atom. The molecule has 0 radical (unpaired) electrons. The van der Waals surface area contributed by atoms with E-state index in [1.54, 1.807) is 18.1 Å². The molecule has 1 atom stereocenters. The van der Waals surface area contributed by atoms with Gasteiger partial charge in [-0.05, 0) is 6.92 Å². The smallest absolute Gasteiger partial charge is 0.257 e. The van der Waals surface area contributed by atoms with Gasteiger partial charge in [0.1, 0.15) is 0 Å². The summed E-state index contributed by atoms with van der Waals surface area (Å²) in [4.78, 5) is 13.2. The minimum atomic E-state index is -0.0677.